The lowest BCUT2D eigenvalue weighted by molar-refractivity contribution is 0.503. The van der Waals surface area contributed by atoms with Gasteiger partial charge in [-0.25, -0.2) is 4.68 Å². The topological polar surface area (TPSA) is 46.9 Å². The summed E-state index contributed by atoms with van der Waals surface area (Å²) in [5.74, 6) is 0. The second-order valence-corrected chi connectivity index (χ2v) is 6.25. The lowest BCUT2D eigenvalue weighted by Crippen LogP contribution is -2.27. The van der Waals surface area contributed by atoms with Gasteiger partial charge in [-0.15, -0.1) is 0 Å². The van der Waals surface area contributed by atoms with Crippen LogP contribution in [-0.4, -0.2) is 15.8 Å². The summed E-state index contributed by atoms with van der Waals surface area (Å²) in [6, 6.07) is 2.27. The third-order valence-corrected chi connectivity index (χ3v) is 4.05. The standard InChI is InChI=1S/C14H18ClN3OS/c1-9(2)18-14(19)13(15)12(7-16-18)17-10(3)6-11-4-5-20-8-11/h4-5,7-10,17H,6H2,1-3H3. The van der Waals surface area contributed by atoms with Crippen LogP contribution < -0.4 is 10.9 Å². The van der Waals surface area contributed by atoms with Crippen LogP contribution in [0.15, 0.2) is 27.8 Å². The molecule has 0 radical (unpaired) electrons. The molecule has 4 nitrogen and oxygen atoms in total. The third kappa shape index (κ3) is 3.41. The summed E-state index contributed by atoms with van der Waals surface area (Å²) in [6.07, 6.45) is 2.50. The van der Waals surface area contributed by atoms with Crippen molar-refractivity contribution in [2.45, 2.75) is 39.3 Å². The summed E-state index contributed by atoms with van der Waals surface area (Å²) in [6.45, 7) is 5.86. The zero-order valence-corrected chi connectivity index (χ0v) is 13.3. The smallest absolute Gasteiger partial charge is 0.287 e. The Morgan fingerprint density at radius 2 is 2.20 bits per heavy atom. The average molecular weight is 312 g/mol. The van der Waals surface area contributed by atoms with Crippen molar-refractivity contribution in [2.75, 3.05) is 5.32 Å². The van der Waals surface area contributed by atoms with E-state index in [1.54, 1.807) is 17.5 Å². The van der Waals surface area contributed by atoms with Gasteiger partial charge in [-0.2, -0.15) is 16.4 Å². The SMILES string of the molecule is CC(Cc1ccsc1)Nc1cnn(C(C)C)c(=O)c1Cl. The van der Waals surface area contributed by atoms with E-state index in [2.05, 4.69) is 34.2 Å². The number of aromatic nitrogens is 2. The van der Waals surface area contributed by atoms with Crippen molar-refractivity contribution in [3.63, 3.8) is 0 Å². The van der Waals surface area contributed by atoms with E-state index >= 15 is 0 Å². The number of hydrogen-bond donors (Lipinski definition) is 1. The molecule has 108 valence electrons. The predicted molar refractivity (Wildman–Crippen MR) is 85.0 cm³/mol. The Kier molecular flexibility index (Phi) is 4.83. The number of nitrogens with one attached hydrogen (secondary N) is 1. The zero-order valence-electron chi connectivity index (χ0n) is 11.8. The summed E-state index contributed by atoms with van der Waals surface area (Å²) in [5, 5.41) is 11.8. The Bertz CT molecular complexity index is 622. The molecular formula is C14H18ClN3OS. The van der Waals surface area contributed by atoms with E-state index in [0.29, 0.717) is 5.69 Å². The van der Waals surface area contributed by atoms with Crippen LogP contribution in [0, 0.1) is 0 Å². The van der Waals surface area contributed by atoms with Gasteiger partial charge in [0.25, 0.3) is 5.56 Å². The highest BCUT2D eigenvalue weighted by Gasteiger charge is 2.13. The van der Waals surface area contributed by atoms with Crippen LogP contribution in [0.4, 0.5) is 5.69 Å². The second-order valence-electron chi connectivity index (χ2n) is 5.10. The lowest BCUT2D eigenvalue weighted by Gasteiger charge is -2.16. The van der Waals surface area contributed by atoms with Crippen molar-refractivity contribution < 1.29 is 0 Å². The Balaban J connectivity index is 2.14. The second kappa shape index (κ2) is 6.41. The molecule has 0 aromatic carbocycles. The Morgan fingerprint density at radius 1 is 1.45 bits per heavy atom. The summed E-state index contributed by atoms with van der Waals surface area (Å²) >= 11 is 7.81. The number of hydrogen-bond acceptors (Lipinski definition) is 4. The molecule has 2 aromatic heterocycles. The highest BCUT2D eigenvalue weighted by Crippen LogP contribution is 2.19. The first-order valence-electron chi connectivity index (χ1n) is 6.54. The van der Waals surface area contributed by atoms with Gasteiger partial charge in [0.15, 0.2) is 0 Å². The van der Waals surface area contributed by atoms with Gasteiger partial charge < -0.3 is 5.32 Å². The van der Waals surface area contributed by atoms with E-state index < -0.39 is 0 Å². The van der Waals surface area contributed by atoms with Crippen LogP contribution in [0.1, 0.15) is 32.4 Å². The summed E-state index contributed by atoms with van der Waals surface area (Å²) in [5.41, 5.74) is 1.61. The fraction of sp³-hybridized carbons (Fsp3) is 0.429. The van der Waals surface area contributed by atoms with Crippen molar-refractivity contribution in [2.24, 2.45) is 0 Å². The largest absolute Gasteiger partial charge is 0.380 e. The van der Waals surface area contributed by atoms with Gasteiger partial charge in [0.05, 0.1) is 17.9 Å². The van der Waals surface area contributed by atoms with Crippen molar-refractivity contribution in [3.05, 3.63) is 44.0 Å². The molecule has 0 saturated heterocycles. The van der Waals surface area contributed by atoms with Crippen molar-refractivity contribution in [1.29, 1.82) is 0 Å². The number of rotatable bonds is 5. The average Bonchev–Trinajstić information content (AvgIpc) is 2.87. The molecule has 1 atom stereocenters. The number of nitrogens with zero attached hydrogens (tertiary/aromatic N) is 2. The van der Waals surface area contributed by atoms with Gasteiger partial charge in [-0.05, 0) is 49.6 Å². The Hall–Kier alpha value is -1.33. The number of halogens is 1. The van der Waals surface area contributed by atoms with E-state index in [0.717, 1.165) is 6.42 Å². The van der Waals surface area contributed by atoms with Gasteiger partial charge in [0.1, 0.15) is 5.02 Å². The van der Waals surface area contributed by atoms with Crippen LogP contribution in [0.2, 0.25) is 5.02 Å². The molecule has 1 unspecified atom stereocenters. The monoisotopic (exact) mass is 311 g/mol. The fourth-order valence-corrected chi connectivity index (χ4v) is 2.86. The summed E-state index contributed by atoms with van der Waals surface area (Å²) in [7, 11) is 0. The predicted octanol–water partition coefficient (Wildman–Crippen LogP) is 3.58. The van der Waals surface area contributed by atoms with E-state index in [1.807, 2.05) is 13.8 Å². The molecule has 0 fully saturated rings. The molecule has 0 aliphatic rings. The van der Waals surface area contributed by atoms with E-state index in [4.69, 9.17) is 11.6 Å². The maximum atomic E-state index is 12.1. The maximum absolute atomic E-state index is 12.1. The molecule has 2 rings (SSSR count). The zero-order chi connectivity index (χ0) is 14.7. The van der Waals surface area contributed by atoms with Crippen molar-refractivity contribution >= 4 is 28.6 Å². The van der Waals surface area contributed by atoms with Crippen molar-refractivity contribution in [1.82, 2.24) is 9.78 Å². The first-order valence-corrected chi connectivity index (χ1v) is 7.86. The first-order chi connectivity index (χ1) is 9.49. The highest BCUT2D eigenvalue weighted by atomic mass is 35.5. The van der Waals surface area contributed by atoms with Gasteiger partial charge >= 0.3 is 0 Å². The summed E-state index contributed by atoms with van der Waals surface area (Å²) in [4.78, 5) is 12.1. The van der Waals surface area contributed by atoms with Gasteiger partial charge in [-0.1, -0.05) is 11.6 Å². The first kappa shape index (κ1) is 15.1. The Morgan fingerprint density at radius 3 is 2.80 bits per heavy atom. The minimum Gasteiger partial charge on any atom is -0.380 e. The van der Waals surface area contributed by atoms with Crippen molar-refractivity contribution in [3.8, 4) is 0 Å². The molecule has 1 N–H and O–H groups in total. The van der Waals surface area contributed by atoms with Crippen LogP contribution in [0.25, 0.3) is 0 Å². The normalized spacial score (nSPS) is 12.7. The molecule has 0 amide bonds. The Labute approximate surface area is 127 Å². The molecule has 0 aliphatic heterocycles. The van der Waals surface area contributed by atoms with Gasteiger partial charge in [0.2, 0.25) is 0 Å². The number of thiophene rings is 1. The third-order valence-electron chi connectivity index (χ3n) is 2.96. The molecule has 0 saturated carbocycles. The number of anilines is 1. The van der Waals surface area contributed by atoms with Crippen LogP contribution in [0.3, 0.4) is 0 Å². The van der Waals surface area contributed by atoms with Gasteiger partial charge in [-0.3, -0.25) is 4.79 Å². The molecule has 2 heterocycles. The van der Waals surface area contributed by atoms with E-state index in [-0.39, 0.29) is 22.7 Å². The molecule has 0 aliphatic carbocycles. The van der Waals surface area contributed by atoms with Crippen LogP contribution >= 0.6 is 22.9 Å². The van der Waals surface area contributed by atoms with Crippen LogP contribution in [-0.2, 0) is 6.42 Å². The molecule has 6 heteroatoms. The van der Waals surface area contributed by atoms with Gasteiger partial charge in [0, 0.05) is 6.04 Å². The maximum Gasteiger partial charge on any atom is 0.287 e. The van der Waals surface area contributed by atoms with Crippen LogP contribution in [0.5, 0.6) is 0 Å². The minimum atomic E-state index is -0.255. The molecule has 2 aromatic rings. The molecule has 0 spiro atoms. The van der Waals surface area contributed by atoms with E-state index in [9.17, 15) is 4.79 Å². The molecular weight excluding hydrogens is 294 g/mol. The lowest BCUT2D eigenvalue weighted by atomic mass is 10.1. The molecule has 0 bridgehead atoms. The highest BCUT2D eigenvalue weighted by molar-refractivity contribution is 7.07. The molecule has 20 heavy (non-hydrogen) atoms. The summed E-state index contributed by atoms with van der Waals surface area (Å²) < 4.78 is 1.39. The quantitative estimate of drug-likeness (QED) is 0.918. The fourth-order valence-electron chi connectivity index (χ4n) is 1.99. The minimum absolute atomic E-state index is 0.00252. The van der Waals surface area contributed by atoms with E-state index in [1.165, 1.54) is 10.2 Å².